The number of aromatic nitrogens is 1. The smallest absolute Gasteiger partial charge is 0.356 e. The molecule has 0 unspecified atom stereocenters. The van der Waals surface area contributed by atoms with Crippen molar-refractivity contribution >= 4 is 34.4 Å². The van der Waals surface area contributed by atoms with Gasteiger partial charge >= 0.3 is 11.9 Å². The monoisotopic (exact) mass is 360 g/mol. The zero-order valence-corrected chi connectivity index (χ0v) is 14.9. The quantitative estimate of drug-likeness (QED) is 0.704. The second-order valence-corrected chi connectivity index (χ2v) is 6.85. The van der Waals surface area contributed by atoms with Crippen LogP contribution in [0.2, 0.25) is 0 Å². The van der Waals surface area contributed by atoms with Gasteiger partial charge in [-0.1, -0.05) is 19.9 Å². The van der Waals surface area contributed by atoms with E-state index < -0.39 is 35.1 Å². The summed E-state index contributed by atoms with van der Waals surface area (Å²) in [5.41, 5.74) is 0.231. The number of carboxylic acid groups (broad SMARTS) is 1. The highest BCUT2D eigenvalue weighted by molar-refractivity contribution is 6.14. The Kier molecular flexibility index (Phi) is 4.14. The number of fused-ring (bicyclic) bond motifs is 1. The summed E-state index contributed by atoms with van der Waals surface area (Å²) in [6.45, 7) is 3.46. The number of carbonyl (C=O) groups excluding carboxylic acids is 2. The Morgan fingerprint density at radius 2 is 1.88 bits per heavy atom. The van der Waals surface area contributed by atoms with E-state index >= 15 is 0 Å². The van der Waals surface area contributed by atoms with Crippen molar-refractivity contribution in [3.63, 3.8) is 0 Å². The van der Waals surface area contributed by atoms with Crippen LogP contribution in [-0.4, -0.2) is 42.2 Å². The van der Waals surface area contributed by atoms with Crippen LogP contribution in [0.5, 0.6) is 5.75 Å². The number of carbonyl (C=O) groups is 3. The minimum atomic E-state index is -1.01. The van der Waals surface area contributed by atoms with Gasteiger partial charge in [-0.25, -0.2) is 4.79 Å². The first-order valence-electron chi connectivity index (χ1n) is 8.04. The summed E-state index contributed by atoms with van der Waals surface area (Å²) in [5, 5.41) is 12.5. The van der Waals surface area contributed by atoms with Gasteiger partial charge in [0.15, 0.2) is 0 Å². The van der Waals surface area contributed by atoms with Gasteiger partial charge in [0.2, 0.25) is 5.91 Å². The summed E-state index contributed by atoms with van der Waals surface area (Å²) < 4.78 is 10.1. The summed E-state index contributed by atoms with van der Waals surface area (Å²) >= 11 is 0. The van der Waals surface area contributed by atoms with Crippen molar-refractivity contribution in [2.45, 2.75) is 13.8 Å². The molecular weight excluding hydrogens is 340 g/mol. The van der Waals surface area contributed by atoms with Crippen LogP contribution >= 0.6 is 0 Å². The van der Waals surface area contributed by atoms with Gasteiger partial charge < -0.3 is 24.9 Å². The van der Waals surface area contributed by atoms with Gasteiger partial charge in [0.1, 0.15) is 11.4 Å². The van der Waals surface area contributed by atoms with Crippen LogP contribution in [0, 0.1) is 17.3 Å². The SMILES string of the molecule is COC(=O)c1[nH]c2cccc(OC)c2c1NC(=O)[C@H]1[C@H](C(=O)O)C1(C)C. The van der Waals surface area contributed by atoms with Gasteiger partial charge in [0.05, 0.1) is 42.6 Å². The Hall–Kier alpha value is -3.03. The molecule has 0 saturated heterocycles. The van der Waals surface area contributed by atoms with Gasteiger partial charge in [0, 0.05) is 0 Å². The fourth-order valence-corrected chi connectivity index (χ4v) is 3.55. The predicted octanol–water partition coefficient (Wildman–Crippen LogP) is 2.26. The van der Waals surface area contributed by atoms with Crippen LogP contribution in [0.25, 0.3) is 10.9 Å². The Bertz CT molecular complexity index is 914. The number of anilines is 1. The Balaban J connectivity index is 2.05. The fourth-order valence-electron chi connectivity index (χ4n) is 3.55. The molecule has 0 radical (unpaired) electrons. The number of methoxy groups -OCH3 is 2. The van der Waals surface area contributed by atoms with E-state index in [1.165, 1.54) is 14.2 Å². The molecule has 3 N–H and O–H groups in total. The third kappa shape index (κ3) is 2.58. The average molecular weight is 360 g/mol. The molecule has 1 saturated carbocycles. The number of aliphatic carboxylic acids is 1. The second kappa shape index (κ2) is 6.05. The lowest BCUT2D eigenvalue weighted by Gasteiger charge is -2.09. The lowest BCUT2D eigenvalue weighted by molar-refractivity contribution is -0.140. The Morgan fingerprint density at radius 3 is 2.42 bits per heavy atom. The molecule has 26 heavy (non-hydrogen) atoms. The van der Waals surface area contributed by atoms with Crippen LogP contribution in [-0.2, 0) is 14.3 Å². The largest absolute Gasteiger partial charge is 0.496 e. The number of H-pyrrole nitrogens is 1. The molecule has 2 aromatic rings. The highest BCUT2D eigenvalue weighted by Crippen LogP contribution is 2.58. The van der Waals surface area contributed by atoms with E-state index in [2.05, 4.69) is 10.3 Å². The van der Waals surface area contributed by atoms with Gasteiger partial charge in [-0.2, -0.15) is 0 Å². The molecule has 0 bridgehead atoms. The predicted molar refractivity (Wildman–Crippen MR) is 93.2 cm³/mol. The van der Waals surface area contributed by atoms with E-state index in [-0.39, 0.29) is 11.4 Å². The van der Waals surface area contributed by atoms with E-state index in [1.807, 2.05) is 0 Å². The lowest BCUT2D eigenvalue weighted by atomic mass is 10.1. The third-order valence-electron chi connectivity index (χ3n) is 5.02. The summed E-state index contributed by atoms with van der Waals surface area (Å²) in [4.78, 5) is 39.1. The first-order chi connectivity index (χ1) is 12.2. The summed E-state index contributed by atoms with van der Waals surface area (Å²) in [6, 6.07) is 5.18. The van der Waals surface area contributed by atoms with Crippen LogP contribution in [0.3, 0.4) is 0 Å². The number of aromatic amines is 1. The number of hydrogen-bond acceptors (Lipinski definition) is 5. The topological polar surface area (TPSA) is 118 Å². The highest BCUT2D eigenvalue weighted by Gasteiger charge is 2.66. The van der Waals surface area contributed by atoms with Gasteiger partial charge in [0.25, 0.3) is 0 Å². The number of benzene rings is 1. The van der Waals surface area contributed by atoms with E-state index in [0.29, 0.717) is 16.7 Å². The molecule has 8 nitrogen and oxygen atoms in total. The van der Waals surface area contributed by atoms with Crippen LogP contribution in [0.4, 0.5) is 5.69 Å². The van der Waals surface area contributed by atoms with E-state index in [9.17, 15) is 19.5 Å². The summed E-state index contributed by atoms with van der Waals surface area (Å²) in [6.07, 6.45) is 0. The molecule has 1 heterocycles. The molecule has 1 aromatic carbocycles. The maximum atomic E-state index is 12.7. The molecule has 1 aromatic heterocycles. The van der Waals surface area contributed by atoms with Crippen molar-refractivity contribution in [2.24, 2.45) is 17.3 Å². The number of ether oxygens (including phenoxy) is 2. The van der Waals surface area contributed by atoms with Gasteiger partial charge in [-0.05, 0) is 17.5 Å². The molecular formula is C18H20N2O6. The number of amides is 1. The highest BCUT2D eigenvalue weighted by atomic mass is 16.5. The average Bonchev–Trinajstić information content (AvgIpc) is 3.01. The van der Waals surface area contributed by atoms with Crippen molar-refractivity contribution in [3.8, 4) is 5.75 Å². The zero-order valence-electron chi connectivity index (χ0n) is 14.9. The minimum Gasteiger partial charge on any atom is -0.496 e. The van der Waals surface area contributed by atoms with Crippen molar-refractivity contribution in [2.75, 3.05) is 19.5 Å². The second-order valence-electron chi connectivity index (χ2n) is 6.85. The van der Waals surface area contributed by atoms with E-state index in [4.69, 9.17) is 9.47 Å². The summed E-state index contributed by atoms with van der Waals surface area (Å²) in [5.74, 6) is -3.11. The Labute approximate surface area is 149 Å². The minimum absolute atomic E-state index is 0.0747. The molecule has 0 aliphatic heterocycles. The lowest BCUT2D eigenvalue weighted by Crippen LogP contribution is -2.19. The van der Waals surface area contributed by atoms with Crippen molar-refractivity contribution < 1.29 is 29.0 Å². The molecule has 138 valence electrons. The molecule has 3 rings (SSSR count). The number of carboxylic acids is 1. The molecule has 2 atom stereocenters. The van der Waals surface area contributed by atoms with E-state index in [1.54, 1.807) is 32.0 Å². The maximum absolute atomic E-state index is 12.7. The number of rotatable bonds is 5. The number of nitrogens with one attached hydrogen (secondary N) is 2. The van der Waals surface area contributed by atoms with Gasteiger partial charge in [-0.15, -0.1) is 0 Å². The molecule has 1 fully saturated rings. The van der Waals surface area contributed by atoms with Crippen molar-refractivity contribution in [1.82, 2.24) is 4.98 Å². The normalized spacial score (nSPS) is 20.5. The first-order valence-corrected chi connectivity index (χ1v) is 8.04. The molecule has 1 aliphatic rings. The Morgan fingerprint density at radius 1 is 1.19 bits per heavy atom. The molecule has 1 aliphatic carbocycles. The van der Waals surface area contributed by atoms with Crippen LogP contribution in [0.1, 0.15) is 24.3 Å². The van der Waals surface area contributed by atoms with Gasteiger partial charge in [-0.3, -0.25) is 9.59 Å². The number of esters is 1. The fraction of sp³-hybridized carbons (Fsp3) is 0.389. The molecule has 1 amide bonds. The zero-order chi connectivity index (χ0) is 19.2. The summed E-state index contributed by atoms with van der Waals surface area (Å²) in [7, 11) is 2.72. The molecule has 0 spiro atoms. The number of hydrogen-bond donors (Lipinski definition) is 3. The van der Waals surface area contributed by atoms with E-state index in [0.717, 1.165) is 0 Å². The standard InChI is InChI=1S/C18H20N2O6/c1-18(2)11(12(18)16(22)23)15(21)20-13-10-8(6-5-7-9(10)25-3)19-14(13)17(24)26-4/h5-7,11-12,19H,1-4H3,(H,20,21)(H,22,23)/t11-,12-/m1/s1. The van der Waals surface area contributed by atoms with Crippen molar-refractivity contribution in [3.05, 3.63) is 23.9 Å². The van der Waals surface area contributed by atoms with Crippen molar-refractivity contribution in [1.29, 1.82) is 0 Å². The van der Waals surface area contributed by atoms with Crippen LogP contribution in [0.15, 0.2) is 18.2 Å². The maximum Gasteiger partial charge on any atom is 0.356 e. The molecule has 8 heteroatoms. The third-order valence-corrected chi connectivity index (χ3v) is 5.02. The first kappa shape index (κ1) is 17.8. The van der Waals surface area contributed by atoms with Crippen LogP contribution < -0.4 is 10.1 Å².